The first-order valence-corrected chi connectivity index (χ1v) is 8.02. The van der Waals surface area contributed by atoms with Crippen LogP contribution in [0.15, 0.2) is 46.9 Å². The van der Waals surface area contributed by atoms with Gasteiger partial charge in [-0.15, -0.1) is 11.3 Å². The summed E-state index contributed by atoms with van der Waals surface area (Å²) >= 11 is 4.95. The molecule has 1 unspecified atom stereocenters. The van der Waals surface area contributed by atoms with Crippen molar-refractivity contribution in [2.75, 3.05) is 0 Å². The standard InChI is InChI=1S/C16H12BrF2NS/c17-13-3-1-11(18)5-9(13)7-14(20)16-8-10-6-12(19)2-4-15(10)21-16/h1-6,8,14H,7,20H2. The van der Waals surface area contributed by atoms with Crippen molar-refractivity contribution in [3.8, 4) is 0 Å². The number of fused-ring (bicyclic) bond motifs is 1. The minimum absolute atomic E-state index is 0.247. The van der Waals surface area contributed by atoms with E-state index in [1.807, 2.05) is 6.07 Å². The summed E-state index contributed by atoms with van der Waals surface area (Å²) in [6.45, 7) is 0. The molecule has 0 aliphatic rings. The SMILES string of the molecule is NC(Cc1cc(F)ccc1Br)c1cc2cc(F)ccc2s1. The van der Waals surface area contributed by atoms with Gasteiger partial charge >= 0.3 is 0 Å². The molecule has 3 rings (SSSR count). The molecule has 5 heteroatoms. The van der Waals surface area contributed by atoms with Crippen molar-refractivity contribution in [2.45, 2.75) is 12.5 Å². The number of rotatable bonds is 3. The van der Waals surface area contributed by atoms with E-state index in [2.05, 4.69) is 15.9 Å². The predicted molar refractivity (Wildman–Crippen MR) is 86.5 cm³/mol. The summed E-state index contributed by atoms with van der Waals surface area (Å²) in [4.78, 5) is 0.965. The Balaban J connectivity index is 1.89. The summed E-state index contributed by atoms with van der Waals surface area (Å²) in [5, 5.41) is 0.851. The van der Waals surface area contributed by atoms with Crippen molar-refractivity contribution in [1.82, 2.24) is 0 Å². The number of thiophene rings is 1. The Bertz CT molecular complexity index is 800. The molecule has 0 bridgehead atoms. The summed E-state index contributed by atoms with van der Waals surface area (Å²) in [6, 6.07) is 10.9. The zero-order valence-corrected chi connectivity index (χ0v) is 13.3. The number of hydrogen-bond donors (Lipinski definition) is 1. The van der Waals surface area contributed by atoms with Crippen LogP contribution in [0.3, 0.4) is 0 Å². The fourth-order valence-corrected chi connectivity index (χ4v) is 3.71. The maximum absolute atomic E-state index is 13.3. The molecule has 1 nitrogen and oxygen atoms in total. The summed E-state index contributed by atoms with van der Waals surface area (Å²) in [5.41, 5.74) is 7.05. The summed E-state index contributed by atoms with van der Waals surface area (Å²) in [5.74, 6) is -0.535. The van der Waals surface area contributed by atoms with E-state index in [-0.39, 0.29) is 17.7 Å². The molecule has 0 aliphatic carbocycles. The van der Waals surface area contributed by atoms with Crippen molar-refractivity contribution in [3.05, 3.63) is 69.0 Å². The topological polar surface area (TPSA) is 26.0 Å². The highest BCUT2D eigenvalue weighted by molar-refractivity contribution is 9.10. The van der Waals surface area contributed by atoms with Crippen LogP contribution < -0.4 is 5.73 Å². The molecule has 108 valence electrons. The first kappa shape index (κ1) is 14.6. The van der Waals surface area contributed by atoms with Crippen molar-refractivity contribution < 1.29 is 8.78 Å². The van der Waals surface area contributed by atoms with Gasteiger partial charge in [0.15, 0.2) is 0 Å². The molecule has 0 saturated heterocycles. The molecular formula is C16H12BrF2NS. The summed E-state index contributed by atoms with van der Waals surface area (Å²) in [7, 11) is 0. The van der Waals surface area contributed by atoms with Gasteiger partial charge in [-0.1, -0.05) is 15.9 Å². The summed E-state index contributed by atoms with van der Waals surface area (Å²) < 4.78 is 28.4. The van der Waals surface area contributed by atoms with Gasteiger partial charge in [0.2, 0.25) is 0 Å². The van der Waals surface area contributed by atoms with Gasteiger partial charge in [-0.3, -0.25) is 0 Å². The van der Waals surface area contributed by atoms with Crippen LogP contribution in [0.2, 0.25) is 0 Å². The van der Waals surface area contributed by atoms with Crippen LogP contribution in [0.1, 0.15) is 16.5 Å². The molecule has 0 fully saturated rings. The Morgan fingerprint density at radius 3 is 2.57 bits per heavy atom. The van der Waals surface area contributed by atoms with Crippen LogP contribution in [0.25, 0.3) is 10.1 Å². The third-order valence-corrected chi connectivity index (χ3v) is 5.33. The fraction of sp³-hybridized carbons (Fsp3) is 0.125. The Kier molecular flexibility index (Phi) is 4.06. The molecule has 1 aromatic heterocycles. The Morgan fingerprint density at radius 2 is 1.76 bits per heavy atom. The number of halogens is 3. The van der Waals surface area contributed by atoms with E-state index < -0.39 is 0 Å². The normalized spacial score (nSPS) is 12.8. The largest absolute Gasteiger partial charge is 0.323 e. The minimum atomic E-state index is -0.279. The second-order valence-corrected chi connectivity index (χ2v) is 6.85. The van der Waals surface area contributed by atoms with E-state index in [1.54, 1.807) is 23.5 Å². The maximum Gasteiger partial charge on any atom is 0.123 e. The van der Waals surface area contributed by atoms with E-state index in [9.17, 15) is 8.78 Å². The molecule has 1 heterocycles. The van der Waals surface area contributed by atoms with Gasteiger partial charge in [-0.05, 0) is 59.8 Å². The van der Waals surface area contributed by atoms with E-state index in [4.69, 9.17) is 5.73 Å². The lowest BCUT2D eigenvalue weighted by Gasteiger charge is -2.11. The average Bonchev–Trinajstić information content (AvgIpc) is 2.86. The fourth-order valence-electron chi connectivity index (χ4n) is 2.25. The first-order valence-electron chi connectivity index (χ1n) is 6.41. The molecule has 1 atom stereocenters. The molecule has 0 spiro atoms. The Hall–Kier alpha value is -1.30. The molecule has 0 aliphatic heterocycles. The van der Waals surface area contributed by atoms with Gasteiger partial charge in [0.25, 0.3) is 0 Å². The van der Waals surface area contributed by atoms with Crippen molar-refractivity contribution in [1.29, 1.82) is 0 Å². The lowest BCUT2D eigenvalue weighted by atomic mass is 10.0. The molecule has 2 aromatic carbocycles. The highest BCUT2D eigenvalue weighted by Gasteiger charge is 2.13. The van der Waals surface area contributed by atoms with Crippen LogP contribution in [0, 0.1) is 11.6 Å². The van der Waals surface area contributed by atoms with Gasteiger partial charge in [0.1, 0.15) is 11.6 Å². The quantitative estimate of drug-likeness (QED) is 0.677. The number of benzene rings is 2. The lowest BCUT2D eigenvalue weighted by Crippen LogP contribution is -2.12. The third-order valence-electron chi connectivity index (χ3n) is 3.31. The molecule has 0 amide bonds. The van der Waals surface area contributed by atoms with Gasteiger partial charge in [0.05, 0.1) is 0 Å². The van der Waals surface area contributed by atoms with Crippen LogP contribution in [0.4, 0.5) is 8.78 Å². The molecule has 0 radical (unpaired) electrons. The Labute approximate surface area is 133 Å². The highest BCUT2D eigenvalue weighted by Crippen LogP contribution is 2.32. The lowest BCUT2D eigenvalue weighted by molar-refractivity contribution is 0.621. The monoisotopic (exact) mass is 367 g/mol. The molecule has 3 aromatic rings. The highest BCUT2D eigenvalue weighted by atomic mass is 79.9. The third kappa shape index (κ3) is 3.15. The zero-order chi connectivity index (χ0) is 15.0. The van der Waals surface area contributed by atoms with Crippen LogP contribution in [-0.2, 0) is 6.42 Å². The van der Waals surface area contributed by atoms with Gasteiger partial charge in [0, 0.05) is 20.1 Å². The molecule has 21 heavy (non-hydrogen) atoms. The van der Waals surface area contributed by atoms with Gasteiger partial charge in [-0.25, -0.2) is 8.78 Å². The zero-order valence-electron chi connectivity index (χ0n) is 10.9. The van der Waals surface area contributed by atoms with Crippen molar-refractivity contribution in [3.63, 3.8) is 0 Å². The molecule has 2 N–H and O–H groups in total. The van der Waals surface area contributed by atoms with E-state index in [0.717, 1.165) is 25.0 Å². The minimum Gasteiger partial charge on any atom is -0.323 e. The van der Waals surface area contributed by atoms with Crippen LogP contribution in [0.5, 0.6) is 0 Å². The van der Waals surface area contributed by atoms with E-state index in [1.165, 1.54) is 24.3 Å². The van der Waals surface area contributed by atoms with Gasteiger partial charge in [-0.2, -0.15) is 0 Å². The molecular weight excluding hydrogens is 356 g/mol. The summed E-state index contributed by atoms with van der Waals surface area (Å²) in [6.07, 6.45) is 0.521. The first-order chi connectivity index (χ1) is 10.0. The van der Waals surface area contributed by atoms with Crippen LogP contribution in [-0.4, -0.2) is 0 Å². The maximum atomic E-state index is 13.3. The van der Waals surface area contributed by atoms with E-state index in [0.29, 0.717) is 6.42 Å². The smallest absolute Gasteiger partial charge is 0.123 e. The van der Waals surface area contributed by atoms with Crippen molar-refractivity contribution >= 4 is 37.4 Å². The number of hydrogen-bond acceptors (Lipinski definition) is 2. The second kappa shape index (κ2) is 5.83. The van der Waals surface area contributed by atoms with Crippen molar-refractivity contribution in [2.24, 2.45) is 5.73 Å². The second-order valence-electron chi connectivity index (χ2n) is 4.88. The molecule has 0 saturated carbocycles. The van der Waals surface area contributed by atoms with Crippen LogP contribution >= 0.6 is 27.3 Å². The Morgan fingerprint density at radius 1 is 1.05 bits per heavy atom. The van der Waals surface area contributed by atoms with Gasteiger partial charge < -0.3 is 5.73 Å². The van der Waals surface area contributed by atoms with E-state index >= 15 is 0 Å². The number of nitrogens with two attached hydrogens (primary N) is 1. The average molecular weight is 368 g/mol. The predicted octanol–water partition coefficient (Wildman–Crippen LogP) is 5.18.